The van der Waals surface area contributed by atoms with Crippen molar-refractivity contribution >= 4 is 59.3 Å². The monoisotopic (exact) mass is 606 g/mol. The summed E-state index contributed by atoms with van der Waals surface area (Å²) < 4.78 is 18.8. The van der Waals surface area contributed by atoms with Gasteiger partial charge in [-0.05, 0) is 99.6 Å². The van der Waals surface area contributed by atoms with E-state index < -0.39 is 0 Å². The van der Waals surface area contributed by atoms with Gasteiger partial charge in [0.25, 0.3) is 0 Å². The predicted molar refractivity (Wildman–Crippen MR) is 148 cm³/mol. The molecule has 1 heterocycles. The molecule has 0 saturated carbocycles. The van der Waals surface area contributed by atoms with Crippen molar-refractivity contribution in [2.75, 3.05) is 41.0 Å². The normalized spacial score (nSPS) is 16.1. The summed E-state index contributed by atoms with van der Waals surface area (Å²) in [5.74, 6) is 2.32. The number of carbonyl (C=O) groups excluding carboxylic acids is 1. The van der Waals surface area contributed by atoms with Crippen LogP contribution in [0, 0.1) is 0 Å². The number of hydrogen-bond acceptors (Lipinski definition) is 5. The standard InChI is InChI=1S/C27H32Br2N2O4/c1-6-30(7-2)27(32)20-9-8-12-31(20)15-19-16-10-11-21(33-3)26(29)24(16)17-13-22(34-4)23(35-5)14-18(17)25(19)28/h10-11,13-14,20H,6-9,12,15H2,1-5H3/t20-/m0/s1. The average Bonchev–Trinajstić information content (AvgIpc) is 3.34. The fourth-order valence-electron chi connectivity index (χ4n) is 5.18. The molecule has 3 aromatic rings. The van der Waals surface area contributed by atoms with Gasteiger partial charge in [-0.2, -0.15) is 0 Å². The predicted octanol–water partition coefficient (Wildman–Crippen LogP) is 6.38. The Labute approximate surface area is 223 Å². The van der Waals surface area contributed by atoms with Gasteiger partial charge in [0.15, 0.2) is 11.5 Å². The highest BCUT2D eigenvalue weighted by Crippen LogP contribution is 2.46. The third-order valence-corrected chi connectivity index (χ3v) is 8.72. The van der Waals surface area contributed by atoms with Crippen molar-refractivity contribution in [3.8, 4) is 17.2 Å². The molecule has 0 radical (unpaired) electrons. The number of likely N-dealkylation sites (tertiary alicyclic amines) is 1. The number of likely N-dealkylation sites (N-methyl/N-ethyl adjacent to an activating group) is 1. The quantitative estimate of drug-likeness (QED) is 0.278. The van der Waals surface area contributed by atoms with E-state index in [4.69, 9.17) is 14.2 Å². The number of fused-ring (bicyclic) bond motifs is 3. The lowest BCUT2D eigenvalue weighted by molar-refractivity contribution is -0.135. The van der Waals surface area contributed by atoms with E-state index in [1.807, 2.05) is 36.9 Å². The van der Waals surface area contributed by atoms with Crippen LogP contribution in [-0.4, -0.2) is 62.7 Å². The molecule has 1 fully saturated rings. The zero-order chi connectivity index (χ0) is 25.3. The van der Waals surface area contributed by atoms with E-state index in [-0.39, 0.29) is 11.9 Å². The maximum atomic E-state index is 13.3. The molecule has 0 spiro atoms. The first-order valence-corrected chi connectivity index (χ1v) is 13.5. The minimum atomic E-state index is -0.0976. The van der Waals surface area contributed by atoms with Gasteiger partial charge in [-0.15, -0.1) is 0 Å². The van der Waals surface area contributed by atoms with E-state index in [9.17, 15) is 4.79 Å². The van der Waals surface area contributed by atoms with Crippen LogP contribution in [0.5, 0.6) is 17.2 Å². The molecule has 0 aliphatic carbocycles. The number of halogens is 2. The Morgan fingerprint density at radius 2 is 1.57 bits per heavy atom. The highest BCUT2D eigenvalue weighted by molar-refractivity contribution is 9.11. The van der Waals surface area contributed by atoms with E-state index >= 15 is 0 Å². The number of carbonyl (C=O) groups is 1. The Morgan fingerprint density at radius 3 is 2.17 bits per heavy atom. The molecule has 3 aromatic carbocycles. The average molecular weight is 608 g/mol. The second-order valence-corrected chi connectivity index (χ2v) is 10.3. The van der Waals surface area contributed by atoms with Gasteiger partial charge in [-0.25, -0.2) is 0 Å². The van der Waals surface area contributed by atoms with E-state index in [0.29, 0.717) is 18.0 Å². The van der Waals surface area contributed by atoms with E-state index in [1.54, 1.807) is 21.3 Å². The lowest BCUT2D eigenvalue weighted by Gasteiger charge is -2.30. The van der Waals surface area contributed by atoms with E-state index in [1.165, 1.54) is 0 Å². The molecule has 188 valence electrons. The van der Waals surface area contributed by atoms with Crippen molar-refractivity contribution in [2.24, 2.45) is 0 Å². The smallest absolute Gasteiger partial charge is 0.239 e. The number of nitrogens with zero attached hydrogens (tertiary/aromatic N) is 2. The molecule has 0 N–H and O–H groups in total. The van der Waals surface area contributed by atoms with Crippen molar-refractivity contribution < 1.29 is 19.0 Å². The first kappa shape index (κ1) is 26.0. The number of methoxy groups -OCH3 is 3. The summed E-state index contributed by atoms with van der Waals surface area (Å²) >= 11 is 7.73. The molecule has 1 atom stereocenters. The molecule has 0 bridgehead atoms. The summed E-state index contributed by atoms with van der Waals surface area (Å²) in [5, 5.41) is 4.19. The summed E-state index contributed by atoms with van der Waals surface area (Å²) in [6, 6.07) is 8.01. The van der Waals surface area contributed by atoms with Crippen LogP contribution in [0.4, 0.5) is 0 Å². The largest absolute Gasteiger partial charge is 0.496 e. The van der Waals surface area contributed by atoms with E-state index in [2.05, 4.69) is 42.8 Å². The van der Waals surface area contributed by atoms with Gasteiger partial charge in [0.05, 0.1) is 31.8 Å². The first-order valence-electron chi connectivity index (χ1n) is 11.9. The summed E-state index contributed by atoms with van der Waals surface area (Å²) in [5.41, 5.74) is 1.14. The van der Waals surface area contributed by atoms with Gasteiger partial charge < -0.3 is 19.1 Å². The van der Waals surface area contributed by atoms with Crippen LogP contribution in [0.3, 0.4) is 0 Å². The topological polar surface area (TPSA) is 51.2 Å². The van der Waals surface area contributed by atoms with Crippen LogP contribution >= 0.6 is 31.9 Å². The second kappa shape index (κ2) is 10.9. The number of amides is 1. The molecule has 1 saturated heterocycles. The molecule has 0 unspecified atom stereocenters. The third-order valence-electron chi connectivity index (χ3n) is 7.03. The number of benzene rings is 3. The zero-order valence-corrected chi connectivity index (χ0v) is 24.1. The molecular weight excluding hydrogens is 576 g/mol. The molecule has 4 rings (SSSR count). The Bertz CT molecular complexity index is 1260. The van der Waals surface area contributed by atoms with Crippen molar-refractivity contribution in [2.45, 2.75) is 39.3 Å². The number of rotatable bonds is 8. The highest BCUT2D eigenvalue weighted by atomic mass is 79.9. The van der Waals surface area contributed by atoms with Gasteiger partial charge in [-0.1, -0.05) is 6.07 Å². The molecule has 0 aromatic heterocycles. The second-order valence-electron chi connectivity index (χ2n) is 8.69. The molecule has 8 heteroatoms. The van der Waals surface area contributed by atoms with Gasteiger partial charge in [-0.3, -0.25) is 9.69 Å². The molecular formula is C27H32Br2N2O4. The maximum absolute atomic E-state index is 13.3. The van der Waals surface area contributed by atoms with Crippen molar-refractivity contribution in [1.82, 2.24) is 9.80 Å². The van der Waals surface area contributed by atoms with Crippen LogP contribution < -0.4 is 14.2 Å². The Hall–Kier alpha value is -2.03. The van der Waals surface area contributed by atoms with Crippen molar-refractivity contribution in [1.29, 1.82) is 0 Å². The molecule has 1 aliphatic heterocycles. The SMILES string of the molecule is CCN(CC)C(=O)[C@@H]1CCCN1Cc1c(Br)c2cc(OC)c(OC)cc2c2c(Br)c(OC)ccc12. The van der Waals surface area contributed by atoms with Crippen LogP contribution in [0.25, 0.3) is 21.5 Å². The number of hydrogen-bond donors (Lipinski definition) is 0. The summed E-state index contributed by atoms with van der Waals surface area (Å²) in [6.07, 6.45) is 1.91. The highest BCUT2D eigenvalue weighted by Gasteiger charge is 2.34. The minimum absolute atomic E-state index is 0.0976. The molecule has 1 aliphatic rings. The summed E-state index contributed by atoms with van der Waals surface area (Å²) in [4.78, 5) is 17.5. The Morgan fingerprint density at radius 1 is 0.943 bits per heavy atom. The fraction of sp³-hybridized carbons (Fsp3) is 0.444. The number of ether oxygens (including phenoxy) is 3. The lowest BCUT2D eigenvalue weighted by Crippen LogP contribution is -2.45. The fourth-order valence-corrected chi connectivity index (χ4v) is 6.56. The van der Waals surface area contributed by atoms with Gasteiger partial charge >= 0.3 is 0 Å². The maximum Gasteiger partial charge on any atom is 0.239 e. The minimum Gasteiger partial charge on any atom is -0.496 e. The van der Waals surface area contributed by atoms with Crippen LogP contribution in [-0.2, 0) is 11.3 Å². The summed E-state index contributed by atoms with van der Waals surface area (Å²) in [6.45, 7) is 7.11. The van der Waals surface area contributed by atoms with Crippen LogP contribution in [0.15, 0.2) is 33.2 Å². The summed E-state index contributed by atoms with van der Waals surface area (Å²) in [7, 11) is 4.96. The first-order chi connectivity index (χ1) is 16.9. The Balaban J connectivity index is 1.93. The third kappa shape index (κ3) is 4.60. The molecule has 1 amide bonds. The molecule has 6 nitrogen and oxygen atoms in total. The van der Waals surface area contributed by atoms with Crippen LogP contribution in [0.1, 0.15) is 32.3 Å². The van der Waals surface area contributed by atoms with Crippen molar-refractivity contribution in [3.63, 3.8) is 0 Å². The Kier molecular flexibility index (Phi) is 8.13. The van der Waals surface area contributed by atoms with E-state index in [0.717, 1.165) is 74.3 Å². The van der Waals surface area contributed by atoms with Gasteiger partial charge in [0.2, 0.25) is 5.91 Å². The van der Waals surface area contributed by atoms with Crippen molar-refractivity contribution in [3.05, 3.63) is 38.8 Å². The zero-order valence-electron chi connectivity index (χ0n) is 20.9. The molecule has 35 heavy (non-hydrogen) atoms. The van der Waals surface area contributed by atoms with Gasteiger partial charge in [0, 0.05) is 34.9 Å². The lowest BCUT2D eigenvalue weighted by atomic mass is 9.95. The van der Waals surface area contributed by atoms with Crippen LogP contribution in [0.2, 0.25) is 0 Å². The van der Waals surface area contributed by atoms with Gasteiger partial charge in [0.1, 0.15) is 5.75 Å².